The summed E-state index contributed by atoms with van der Waals surface area (Å²) in [4.78, 5) is 74.1. The van der Waals surface area contributed by atoms with Gasteiger partial charge in [-0.05, 0) is 25.6 Å². The highest BCUT2D eigenvalue weighted by atomic mass is 16.5. The molecule has 1 aromatic rings. The van der Waals surface area contributed by atoms with E-state index in [2.05, 4.69) is 21.3 Å². The lowest BCUT2D eigenvalue weighted by molar-refractivity contribution is -0.136. The monoisotopic (exact) mass is 547 g/mol. The van der Waals surface area contributed by atoms with Crippen LogP contribution in [-0.4, -0.2) is 106 Å². The fraction of sp³-hybridized carbons (Fsp3) is 0.520. The van der Waals surface area contributed by atoms with E-state index in [1.807, 2.05) is 0 Å². The zero-order valence-corrected chi connectivity index (χ0v) is 21.7. The lowest BCUT2D eigenvalue weighted by atomic mass is 10.0. The molecule has 0 saturated carbocycles. The zero-order chi connectivity index (χ0) is 28.2. The lowest BCUT2D eigenvalue weighted by Gasteiger charge is -2.27. The molecule has 1 saturated heterocycles. The minimum absolute atomic E-state index is 0.0141. The number of nitrogens with one attached hydrogen (secondary N) is 4. The van der Waals surface area contributed by atoms with Gasteiger partial charge in [0.2, 0.25) is 17.7 Å². The van der Waals surface area contributed by atoms with Gasteiger partial charge in [-0.15, -0.1) is 0 Å². The Kier molecular flexibility index (Phi) is 11.3. The summed E-state index contributed by atoms with van der Waals surface area (Å²) in [6.07, 6.45) is 0.316. The Morgan fingerprint density at radius 1 is 0.949 bits per heavy atom. The summed E-state index contributed by atoms with van der Waals surface area (Å²) in [5.41, 5.74) is 0.0337. The Bertz CT molecular complexity index is 1090. The van der Waals surface area contributed by atoms with E-state index in [1.165, 1.54) is 18.2 Å². The number of hydrogen-bond donors (Lipinski definition) is 4. The van der Waals surface area contributed by atoms with Crippen LogP contribution in [0.1, 0.15) is 40.0 Å². The van der Waals surface area contributed by atoms with Gasteiger partial charge in [0.25, 0.3) is 17.7 Å². The number of hydrogen-bond acceptors (Lipinski definition) is 10. The largest absolute Gasteiger partial charge is 0.483 e. The molecule has 0 aliphatic carbocycles. The van der Waals surface area contributed by atoms with Gasteiger partial charge in [-0.1, -0.05) is 6.07 Å². The standard InChI is InChI=1S/C25H33N5O9/c1-26-8-9-27-19(31)7-11-37-13-14-38-12-10-28-21(33)15-39-18-4-2-3-16-22(18)25(36)30(24(16)35)17-5-6-20(32)29-23(17)34/h2-4,17,26H,5-15H2,1H3,(H,27,31)(H,28,33)(H,29,32,34). The highest BCUT2D eigenvalue weighted by Crippen LogP contribution is 2.33. The van der Waals surface area contributed by atoms with Crippen molar-refractivity contribution in [3.05, 3.63) is 29.3 Å². The first-order valence-electron chi connectivity index (χ1n) is 12.6. The molecule has 1 unspecified atom stereocenters. The van der Waals surface area contributed by atoms with Gasteiger partial charge < -0.3 is 30.2 Å². The van der Waals surface area contributed by atoms with Crippen LogP contribution in [0.3, 0.4) is 0 Å². The van der Waals surface area contributed by atoms with Crippen LogP contribution in [0.25, 0.3) is 0 Å². The smallest absolute Gasteiger partial charge is 0.266 e. The molecule has 14 heteroatoms. The van der Waals surface area contributed by atoms with Crippen LogP contribution in [0, 0.1) is 0 Å². The fourth-order valence-electron chi connectivity index (χ4n) is 3.96. The number of nitrogens with zero attached hydrogens (tertiary/aromatic N) is 1. The summed E-state index contributed by atoms with van der Waals surface area (Å²) in [7, 11) is 1.80. The molecular formula is C25H33N5O9. The first kappa shape index (κ1) is 29.7. The van der Waals surface area contributed by atoms with Gasteiger partial charge >= 0.3 is 0 Å². The summed E-state index contributed by atoms with van der Waals surface area (Å²) in [5, 5.41) is 10.4. The van der Waals surface area contributed by atoms with E-state index < -0.39 is 42.2 Å². The Morgan fingerprint density at radius 3 is 2.44 bits per heavy atom. The third-order valence-electron chi connectivity index (χ3n) is 5.90. The van der Waals surface area contributed by atoms with E-state index in [4.69, 9.17) is 14.2 Å². The summed E-state index contributed by atoms with van der Waals surface area (Å²) in [5.74, 6) is -3.05. The second-order valence-electron chi connectivity index (χ2n) is 8.69. The molecule has 0 spiro atoms. The van der Waals surface area contributed by atoms with E-state index in [9.17, 15) is 28.8 Å². The molecule has 0 bridgehead atoms. The molecule has 6 amide bonds. The normalized spacial score (nSPS) is 16.6. The Morgan fingerprint density at radius 2 is 1.69 bits per heavy atom. The summed E-state index contributed by atoms with van der Waals surface area (Å²) >= 11 is 0. The maximum atomic E-state index is 13.0. The summed E-state index contributed by atoms with van der Waals surface area (Å²) in [6, 6.07) is 3.32. The number of benzene rings is 1. The summed E-state index contributed by atoms with van der Waals surface area (Å²) < 4.78 is 16.2. The number of carbonyl (C=O) groups is 6. The second kappa shape index (κ2) is 14.9. The van der Waals surface area contributed by atoms with Gasteiger partial charge in [-0.3, -0.25) is 39.0 Å². The molecular weight excluding hydrogens is 514 g/mol. The number of carbonyl (C=O) groups excluding carboxylic acids is 6. The van der Waals surface area contributed by atoms with Crippen molar-refractivity contribution in [2.75, 3.05) is 59.7 Å². The first-order chi connectivity index (χ1) is 18.8. The van der Waals surface area contributed by atoms with Crippen LogP contribution in [0.5, 0.6) is 5.75 Å². The highest BCUT2D eigenvalue weighted by molar-refractivity contribution is 6.24. The summed E-state index contributed by atoms with van der Waals surface area (Å²) in [6.45, 7) is 2.18. The zero-order valence-electron chi connectivity index (χ0n) is 21.7. The van der Waals surface area contributed by atoms with Crippen molar-refractivity contribution in [2.24, 2.45) is 0 Å². The number of amides is 6. The highest BCUT2D eigenvalue weighted by Gasteiger charge is 2.46. The van der Waals surface area contributed by atoms with Crippen molar-refractivity contribution >= 4 is 35.4 Å². The predicted molar refractivity (Wildman–Crippen MR) is 135 cm³/mol. The van der Waals surface area contributed by atoms with Gasteiger partial charge in [-0.25, -0.2) is 0 Å². The molecule has 14 nitrogen and oxygen atoms in total. The average molecular weight is 548 g/mol. The molecule has 3 rings (SSSR count). The number of piperidine rings is 1. The van der Waals surface area contributed by atoms with Gasteiger partial charge in [-0.2, -0.15) is 0 Å². The number of imide groups is 2. The second-order valence-corrected chi connectivity index (χ2v) is 8.69. The molecule has 4 N–H and O–H groups in total. The van der Waals surface area contributed by atoms with Crippen molar-refractivity contribution < 1.29 is 43.0 Å². The Labute approximate surface area is 225 Å². The quantitative estimate of drug-likeness (QED) is 0.138. The maximum absolute atomic E-state index is 13.0. The van der Waals surface area contributed by atoms with Gasteiger partial charge in [0.05, 0.1) is 37.6 Å². The van der Waals surface area contributed by atoms with E-state index in [-0.39, 0.29) is 61.8 Å². The molecule has 39 heavy (non-hydrogen) atoms. The molecule has 2 aliphatic rings. The number of fused-ring (bicyclic) bond motifs is 1. The van der Waals surface area contributed by atoms with E-state index in [1.54, 1.807) is 7.05 Å². The predicted octanol–water partition coefficient (Wildman–Crippen LogP) is -1.66. The van der Waals surface area contributed by atoms with E-state index in [0.717, 1.165) is 4.90 Å². The lowest BCUT2D eigenvalue weighted by Crippen LogP contribution is -2.54. The molecule has 212 valence electrons. The van der Waals surface area contributed by atoms with Crippen LogP contribution in [-0.2, 0) is 28.7 Å². The van der Waals surface area contributed by atoms with Crippen LogP contribution in [0.4, 0.5) is 0 Å². The van der Waals surface area contributed by atoms with Crippen molar-refractivity contribution in [1.82, 2.24) is 26.2 Å². The molecule has 0 aromatic heterocycles. The minimum Gasteiger partial charge on any atom is -0.483 e. The molecule has 1 aromatic carbocycles. The van der Waals surface area contributed by atoms with Crippen LogP contribution >= 0.6 is 0 Å². The van der Waals surface area contributed by atoms with Crippen LogP contribution < -0.4 is 26.0 Å². The fourth-order valence-corrected chi connectivity index (χ4v) is 3.96. The van der Waals surface area contributed by atoms with Crippen LogP contribution in [0.15, 0.2) is 18.2 Å². The third kappa shape index (κ3) is 8.30. The van der Waals surface area contributed by atoms with Crippen molar-refractivity contribution in [1.29, 1.82) is 0 Å². The molecule has 2 aliphatic heterocycles. The van der Waals surface area contributed by atoms with Crippen LogP contribution in [0.2, 0.25) is 0 Å². The topological polar surface area (TPSA) is 181 Å². The Hall–Kier alpha value is -3.88. The minimum atomic E-state index is -1.09. The third-order valence-corrected chi connectivity index (χ3v) is 5.90. The number of likely N-dealkylation sites (N-methyl/N-ethyl adjacent to an activating group) is 1. The van der Waals surface area contributed by atoms with Crippen molar-refractivity contribution in [2.45, 2.75) is 25.3 Å². The van der Waals surface area contributed by atoms with Gasteiger partial charge in [0.15, 0.2) is 6.61 Å². The number of rotatable bonds is 16. The van der Waals surface area contributed by atoms with E-state index in [0.29, 0.717) is 26.3 Å². The molecule has 1 atom stereocenters. The van der Waals surface area contributed by atoms with Gasteiger partial charge in [0.1, 0.15) is 11.8 Å². The average Bonchev–Trinajstić information content (AvgIpc) is 3.16. The molecule has 2 heterocycles. The SMILES string of the molecule is CNCCNC(=O)CCOCCOCCNC(=O)COc1cccc2c1C(=O)N(C1CCC(=O)NC1=O)C2=O. The number of ether oxygens (including phenoxy) is 3. The molecule has 0 radical (unpaired) electrons. The first-order valence-corrected chi connectivity index (χ1v) is 12.6. The van der Waals surface area contributed by atoms with Crippen molar-refractivity contribution in [3.63, 3.8) is 0 Å². The van der Waals surface area contributed by atoms with E-state index >= 15 is 0 Å². The Balaban J connectivity index is 1.34. The maximum Gasteiger partial charge on any atom is 0.266 e. The van der Waals surface area contributed by atoms with Gasteiger partial charge in [0, 0.05) is 32.5 Å². The van der Waals surface area contributed by atoms with Crippen molar-refractivity contribution in [3.8, 4) is 5.75 Å². The molecule has 1 fully saturated rings.